The fraction of sp³-hybridized carbons (Fsp3) is 0.0909. The summed E-state index contributed by atoms with van der Waals surface area (Å²) in [4.78, 5) is 12.5. The average Bonchev–Trinajstić information content (AvgIpc) is 2.75. The van der Waals surface area contributed by atoms with Crippen molar-refractivity contribution in [2.75, 3.05) is 7.11 Å². The number of hydrogen-bond acceptors (Lipinski definition) is 5. The van der Waals surface area contributed by atoms with E-state index in [-0.39, 0.29) is 11.7 Å². The van der Waals surface area contributed by atoms with Crippen molar-refractivity contribution in [1.29, 1.82) is 0 Å². The fourth-order valence-electron chi connectivity index (χ4n) is 2.56. The predicted octanol–water partition coefficient (Wildman–Crippen LogP) is 4.35. The second-order valence-corrected chi connectivity index (χ2v) is 7.19. The van der Waals surface area contributed by atoms with Crippen molar-refractivity contribution in [2.45, 2.75) is 6.61 Å². The largest absolute Gasteiger partial charge is 0.504 e. The van der Waals surface area contributed by atoms with E-state index in [9.17, 15) is 9.90 Å². The van der Waals surface area contributed by atoms with Crippen LogP contribution in [0.25, 0.3) is 0 Å². The summed E-state index contributed by atoms with van der Waals surface area (Å²) in [5, 5.41) is 13.9. The Kier molecular flexibility index (Phi) is 7.07. The van der Waals surface area contributed by atoms with Gasteiger partial charge >= 0.3 is 0 Å². The number of phenolic OH excluding ortho intramolecular Hbond substituents is 1. The molecule has 1 amide bonds. The van der Waals surface area contributed by atoms with Gasteiger partial charge in [-0.2, -0.15) is 5.10 Å². The maximum Gasteiger partial charge on any atom is 0.275 e. The summed E-state index contributed by atoms with van der Waals surface area (Å²) < 4.78 is 11.6. The van der Waals surface area contributed by atoms with Crippen LogP contribution in [0.1, 0.15) is 21.5 Å². The van der Waals surface area contributed by atoms with Crippen LogP contribution in [0, 0.1) is 3.57 Å². The van der Waals surface area contributed by atoms with E-state index >= 15 is 0 Å². The molecule has 0 saturated carbocycles. The maximum absolute atomic E-state index is 12.5. The number of nitrogens with one attached hydrogen (secondary N) is 1. The highest BCUT2D eigenvalue weighted by Gasteiger charge is 2.12. The number of nitrogens with zero attached hydrogens (tertiary/aromatic N) is 1. The molecule has 0 aliphatic rings. The Morgan fingerprint density at radius 2 is 1.83 bits per heavy atom. The molecule has 0 atom stereocenters. The van der Waals surface area contributed by atoms with Crippen LogP contribution in [0.2, 0.25) is 0 Å². The van der Waals surface area contributed by atoms with Crippen LogP contribution in [0.15, 0.2) is 71.8 Å². The molecule has 7 heteroatoms. The first kappa shape index (κ1) is 20.7. The summed E-state index contributed by atoms with van der Waals surface area (Å²) in [6.45, 7) is 0.361. The lowest BCUT2D eigenvalue weighted by molar-refractivity contribution is 0.0950. The number of benzene rings is 3. The normalized spacial score (nSPS) is 10.7. The van der Waals surface area contributed by atoms with Crippen molar-refractivity contribution in [1.82, 2.24) is 5.43 Å². The van der Waals surface area contributed by atoms with Gasteiger partial charge in [-0.3, -0.25) is 4.79 Å². The molecule has 0 fully saturated rings. The second kappa shape index (κ2) is 9.92. The van der Waals surface area contributed by atoms with E-state index in [1.165, 1.54) is 13.3 Å². The first-order valence-corrected chi connectivity index (χ1v) is 9.82. The number of carbonyl (C=O) groups excluding carboxylic acids is 1. The highest BCUT2D eigenvalue weighted by atomic mass is 127. The molecule has 6 nitrogen and oxygen atoms in total. The third-order valence-corrected chi connectivity index (χ3v) is 4.84. The lowest BCUT2D eigenvalue weighted by atomic mass is 10.2. The van der Waals surface area contributed by atoms with Crippen molar-refractivity contribution in [3.63, 3.8) is 0 Å². The van der Waals surface area contributed by atoms with Crippen molar-refractivity contribution in [2.24, 2.45) is 5.10 Å². The third-order valence-electron chi connectivity index (χ3n) is 4.02. The van der Waals surface area contributed by atoms with Crippen LogP contribution in [0.4, 0.5) is 0 Å². The van der Waals surface area contributed by atoms with Crippen LogP contribution >= 0.6 is 22.6 Å². The second-order valence-electron chi connectivity index (χ2n) is 6.02. The topological polar surface area (TPSA) is 80.2 Å². The van der Waals surface area contributed by atoms with Crippen molar-refractivity contribution in [3.8, 4) is 17.2 Å². The molecule has 0 aliphatic heterocycles. The van der Waals surface area contributed by atoms with Gasteiger partial charge in [0.15, 0.2) is 11.5 Å². The molecule has 3 aromatic carbocycles. The minimum Gasteiger partial charge on any atom is -0.504 e. The monoisotopic (exact) mass is 502 g/mol. The molecule has 0 unspecified atom stereocenters. The summed E-state index contributed by atoms with van der Waals surface area (Å²) >= 11 is 2.00. The summed E-state index contributed by atoms with van der Waals surface area (Å²) in [5.74, 6) is 0.498. The number of phenols is 1. The van der Waals surface area contributed by atoms with Gasteiger partial charge in [-0.15, -0.1) is 0 Å². The van der Waals surface area contributed by atoms with Crippen LogP contribution in [-0.2, 0) is 6.61 Å². The van der Waals surface area contributed by atoms with E-state index in [1.54, 1.807) is 30.3 Å². The number of rotatable bonds is 7. The maximum atomic E-state index is 12.5. The minimum absolute atomic E-state index is 0.0683. The molecule has 0 aliphatic carbocycles. The van der Waals surface area contributed by atoms with Gasteiger partial charge in [0.05, 0.1) is 22.5 Å². The molecule has 0 heterocycles. The number of hydrogen-bond donors (Lipinski definition) is 2. The van der Waals surface area contributed by atoms with Gasteiger partial charge in [-0.05, 0) is 58.0 Å². The number of ether oxygens (including phenoxy) is 2. The van der Waals surface area contributed by atoms with E-state index in [4.69, 9.17) is 9.47 Å². The van der Waals surface area contributed by atoms with Crippen molar-refractivity contribution >= 4 is 34.7 Å². The van der Waals surface area contributed by atoms with Crippen LogP contribution in [0.3, 0.4) is 0 Å². The van der Waals surface area contributed by atoms with Crippen LogP contribution < -0.4 is 14.9 Å². The standard InChI is InChI=1S/C22H19IN2O4/c1-28-20-12-16(11-18(23)21(20)26)13-24-25-22(27)17-9-5-6-10-19(17)29-14-15-7-3-2-4-8-15/h2-13,26H,14H2,1H3,(H,25,27)/b24-13+. The van der Waals surface area contributed by atoms with E-state index in [0.29, 0.717) is 32.8 Å². The number of para-hydroxylation sites is 1. The summed E-state index contributed by atoms with van der Waals surface area (Å²) in [6.07, 6.45) is 1.48. The average molecular weight is 502 g/mol. The molecule has 0 radical (unpaired) electrons. The minimum atomic E-state index is -0.384. The molecule has 2 N–H and O–H groups in total. The number of aromatic hydroxyl groups is 1. The highest BCUT2D eigenvalue weighted by molar-refractivity contribution is 14.1. The molecule has 0 bridgehead atoms. The summed E-state index contributed by atoms with van der Waals surface area (Å²) in [6, 6.07) is 20.1. The SMILES string of the molecule is COc1cc(/C=N/NC(=O)c2ccccc2OCc2ccccc2)cc(I)c1O. The number of halogens is 1. The lowest BCUT2D eigenvalue weighted by Crippen LogP contribution is -2.18. The molecular weight excluding hydrogens is 483 g/mol. The molecule has 0 spiro atoms. The quantitative estimate of drug-likeness (QED) is 0.286. The lowest BCUT2D eigenvalue weighted by Gasteiger charge is -2.10. The van der Waals surface area contributed by atoms with Gasteiger partial charge in [0.1, 0.15) is 12.4 Å². The van der Waals surface area contributed by atoms with Gasteiger partial charge < -0.3 is 14.6 Å². The van der Waals surface area contributed by atoms with E-state index < -0.39 is 0 Å². The fourth-order valence-corrected chi connectivity index (χ4v) is 3.19. The Hall–Kier alpha value is -3.07. The number of hydrazone groups is 1. The zero-order valence-electron chi connectivity index (χ0n) is 15.6. The van der Waals surface area contributed by atoms with Gasteiger partial charge in [0.2, 0.25) is 0 Å². The molecule has 3 aromatic rings. The van der Waals surface area contributed by atoms with Crippen molar-refractivity contribution < 1.29 is 19.4 Å². The third kappa shape index (κ3) is 5.47. The Bertz CT molecular complexity index is 1020. The Morgan fingerprint density at radius 1 is 1.10 bits per heavy atom. The Labute approximate surface area is 182 Å². The van der Waals surface area contributed by atoms with Crippen LogP contribution in [-0.4, -0.2) is 24.3 Å². The van der Waals surface area contributed by atoms with Crippen molar-refractivity contribution in [3.05, 3.63) is 87.0 Å². The smallest absolute Gasteiger partial charge is 0.275 e. The summed E-state index contributed by atoms with van der Waals surface area (Å²) in [7, 11) is 1.47. The molecule has 3 rings (SSSR count). The van der Waals surface area contributed by atoms with E-state index in [1.807, 2.05) is 59.0 Å². The van der Waals surface area contributed by atoms with Gasteiger partial charge in [0, 0.05) is 0 Å². The number of amides is 1. The highest BCUT2D eigenvalue weighted by Crippen LogP contribution is 2.31. The van der Waals surface area contributed by atoms with E-state index in [0.717, 1.165) is 5.56 Å². The molecule has 0 saturated heterocycles. The molecule has 0 aromatic heterocycles. The first-order valence-electron chi connectivity index (χ1n) is 8.74. The Balaban J connectivity index is 1.68. The Morgan fingerprint density at radius 3 is 2.59 bits per heavy atom. The first-order chi connectivity index (χ1) is 14.1. The zero-order chi connectivity index (χ0) is 20.6. The molecular formula is C22H19IN2O4. The molecule has 29 heavy (non-hydrogen) atoms. The van der Waals surface area contributed by atoms with Gasteiger partial charge in [-0.1, -0.05) is 42.5 Å². The number of carbonyl (C=O) groups is 1. The van der Waals surface area contributed by atoms with Gasteiger partial charge in [-0.25, -0.2) is 5.43 Å². The summed E-state index contributed by atoms with van der Waals surface area (Å²) in [5.41, 5.74) is 4.58. The zero-order valence-corrected chi connectivity index (χ0v) is 17.8. The number of methoxy groups -OCH3 is 1. The van der Waals surface area contributed by atoms with E-state index in [2.05, 4.69) is 10.5 Å². The molecule has 148 valence electrons. The van der Waals surface area contributed by atoms with Gasteiger partial charge in [0.25, 0.3) is 5.91 Å². The van der Waals surface area contributed by atoms with Crippen LogP contribution in [0.5, 0.6) is 17.2 Å². The predicted molar refractivity (Wildman–Crippen MR) is 120 cm³/mol.